The van der Waals surface area contributed by atoms with Crippen molar-refractivity contribution in [2.24, 2.45) is 0 Å². The molecule has 0 heterocycles. The number of aliphatic hydroxyl groups is 1. The lowest BCUT2D eigenvalue weighted by Crippen LogP contribution is -2.37. The second-order valence-electron chi connectivity index (χ2n) is 5.44. The first-order valence-corrected chi connectivity index (χ1v) is 7.54. The van der Waals surface area contributed by atoms with Crippen LogP contribution in [-0.2, 0) is 6.54 Å². The van der Waals surface area contributed by atoms with Gasteiger partial charge >= 0.3 is 0 Å². The zero-order valence-corrected chi connectivity index (χ0v) is 12.7. The molecule has 0 amide bonds. The fourth-order valence-corrected chi connectivity index (χ4v) is 2.54. The van der Waals surface area contributed by atoms with Gasteiger partial charge in [-0.05, 0) is 29.7 Å². The standard InChI is InChI=1S/C18H22FNO2/c1-2-6-17(18(21)15-9-11-16(19)12-10-15)20(22)13-14-7-4-3-5-8-14/h3-5,7-12,17-18,21-22H,2,6,13H2,1H3/t17?,18-/m0/s1. The molecule has 0 saturated carbocycles. The van der Waals surface area contributed by atoms with Crippen molar-refractivity contribution in [1.82, 2.24) is 5.06 Å². The molecule has 118 valence electrons. The quantitative estimate of drug-likeness (QED) is 0.762. The van der Waals surface area contributed by atoms with Gasteiger partial charge in [-0.25, -0.2) is 4.39 Å². The summed E-state index contributed by atoms with van der Waals surface area (Å²) < 4.78 is 13.0. The fraction of sp³-hybridized carbons (Fsp3) is 0.333. The summed E-state index contributed by atoms with van der Waals surface area (Å²) in [7, 11) is 0. The molecule has 0 aliphatic carbocycles. The van der Waals surface area contributed by atoms with E-state index in [0.29, 0.717) is 18.5 Å². The summed E-state index contributed by atoms with van der Waals surface area (Å²) in [6.07, 6.45) is 0.602. The maximum Gasteiger partial charge on any atom is 0.123 e. The van der Waals surface area contributed by atoms with Gasteiger partial charge in [0.15, 0.2) is 0 Å². The molecule has 2 aromatic carbocycles. The maximum atomic E-state index is 13.0. The predicted octanol–water partition coefficient (Wildman–Crippen LogP) is 3.92. The Morgan fingerprint density at radius 1 is 1.05 bits per heavy atom. The number of hydrogen-bond donors (Lipinski definition) is 2. The summed E-state index contributed by atoms with van der Waals surface area (Å²) in [5.74, 6) is -0.340. The van der Waals surface area contributed by atoms with E-state index in [1.165, 1.54) is 17.2 Å². The van der Waals surface area contributed by atoms with Crippen molar-refractivity contribution >= 4 is 0 Å². The molecule has 4 heteroatoms. The molecule has 2 aromatic rings. The number of hydrogen-bond acceptors (Lipinski definition) is 3. The van der Waals surface area contributed by atoms with E-state index < -0.39 is 12.1 Å². The summed E-state index contributed by atoms with van der Waals surface area (Å²) >= 11 is 0. The van der Waals surface area contributed by atoms with Crippen molar-refractivity contribution in [2.75, 3.05) is 0 Å². The Kier molecular flexibility index (Phi) is 6.07. The maximum absolute atomic E-state index is 13.0. The zero-order chi connectivity index (χ0) is 15.9. The van der Waals surface area contributed by atoms with Gasteiger partial charge in [-0.3, -0.25) is 0 Å². The lowest BCUT2D eigenvalue weighted by atomic mass is 9.98. The molecule has 0 radical (unpaired) electrons. The van der Waals surface area contributed by atoms with Crippen molar-refractivity contribution in [2.45, 2.75) is 38.5 Å². The van der Waals surface area contributed by atoms with E-state index in [-0.39, 0.29) is 5.82 Å². The zero-order valence-electron chi connectivity index (χ0n) is 12.7. The largest absolute Gasteiger partial charge is 0.387 e. The van der Waals surface area contributed by atoms with Crippen LogP contribution < -0.4 is 0 Å². The molecular formula is C18H22FNO2. The van der Waals surface area contributed by atoms with Crippen LogP contribution in [-0.4, -0.2) is 21.4 Å². The Morgan fingerprint density at radius 3 is 2.27 bits per heavy atom. The average molecular weight is 303 g/mol. The third-order valence-electron chi connectivity index (χ3n) is 3.73. The molecule has 3 nitrogen and oxygen atoms in total. The van der Waals surface area contributed by atoms with Gasteiger partial charge in [0.05, 0.1) is 12.1 Å². The van der Waals surface area contributed by atoms with Crippen LogP contribution in [0.25, 0.3) is 0 Å². The van der Waals surface area contributed by atoms with Gasteiger partial charge in [0, 0.05) is 6.54 Å². The normalized spacial score (nSPS) is 14.0. The highest BCUT2D eigenvalue weighted by atomic mass is 19.1. The Hall–Kier alpha value is -1.75. The predicted molar refractivity (Wildman–Crippen MR) is 83.8 cm³/mol. The van der Waals surface area contributed by atoms with E-state index in [0.717, 1.165) is 12.0 Å². The van der Waals surface area contributed by atoms with Crippen LogP contribution in [0, 0.1) is 5.82 Å². The molecule has 0 spiro atoms. The third-order valence-corrected chi connectivity index (χ3v) is 3.73. The molecule has 2 rings (SSSR count). The van der Waals surface area contributed by atoms with Crippen molar-refractivity contribution in [3.63, 3.8) is 0 Å². The molecule has 0 bridgehead atoms. The molecule has 0 aromatic heterocycles. The van der Waals surface area contributed by atoms with Crippen LogP contribution >= 0.6 is 0 Å². The van der Waals surface area contributed by atoms with Gasteiger partial charge < -0.3 is 10.3 Å². The third kappa shape index (κ3) is 4.37. The van der Waals surface area contributed by atoms with E-state index in [1.807, 2.05) is 37.3 Å². The Labute approximate surface area is 130 Å². The van der Waals surface area contributed by atoms with Gasteiger partial charge in [0.1, 0.15) is 5.82 Å². The number of aliphatic hydroxyl groups excluding tert-OH is 1. The minimum atomic E-state index is -0.866. The molecule has 1 unspecified atom stereocenters. The van der Waals surface area contributed by atoms with Gasteiger partial charge in [-0.2, -0.15) is 5.06 Å². The van der Waals surface area contributed by atoms with E-state index in [1.54, 1.807) is 12.1 Å². The first kappa shape index (κ1) is 16.6. The highest BCUT2D eigenvalue weighted by molar-refractivity contribution is 5.20. The first-order chi connectivity index (χ1) is 10.6. The number of benzene rings is 2. The van der Waals surface area contributed by atoms with Crippen LogP contribution in [0.15, 0.2) is 54.6 Å². The first-order valence-electron chi connectivity index (χ1n) is 7.54. The molecule has 2 atom stereocenters. The second kappa shape index (κ2) is 8.03. The summed E-state index contributed by atoms with van der Waals surface area (Å²) in [4.78, 5) is 0. The van der Waals surface area contributed by atoms with E-state index in [9.17, 15) is 14.7 Å². The fourth-order valence-electron chi connectivity index (χ4n) is 2.54. The van der Waals surface area contributed by atoms with Crippen molar-refractivity contribution in [3.05, 3.63) is 71.5 Å². The van der Waals surface area contributed by atoms with Crippen LogP contribution in [0.1, 0.15) is 37.0 Å². The summed E-state index contributed by atoms with van der Waals surface area (Å²) in [5, 5.41) is 22.1. The average Bonchev–Trinajstić information content (AvgIpc) is 2.53. The molecule has 0 fully saturated rings. The van der Waals surface area contributed by atoms with Crippen LogP contribution in [0.2, 0.25) is 0 Å². The van der Waals surface area contributed by atoms with Crippen molar-refractivity contribution < 1.29 is 14.7 Å². The highest BCUT2D eigenvalue weighted by Gasteiger charge is 2.26. The summed E-state index contributed by atoms with van der Waals surface area (Å²) in [6, 6.07) is 14.9. The molecule has 0 saturated heterocycles. The smallest absolute Gasteiger partial charge is 0.123 e. The number of nitrogens with zero attached hydrogens (tertiary/aromatic N) is 1. The monoisotopic (exact) mass is 303 g/mol. The topological polar surface area (TPSA) is 43.7 Å². The van der Waals surface area contributed by atoms with Gasteiger partial charge in [0.25, 0.3) is 0 Å². The second-order valence-corrected chi connectivity index (χ2v) is 5.44. The lowest BCUT2D eigenvalue weighted by molar-refractivity contribution is -0.166. The highest BCUT2D eigenvalue weighted by Crippen LogP contribution is 2.25. The van der Waals surface area contributed by atoms with Gasteiger partial charge in [-0.1, -0.05) is 55.8 Å². The molecule has 22 heavy (non-hydrogen) atoms. The van der Waals surface area contributed by atoms with E-state index in [4.69, 9.17) is 0 Å². The van der Waals surface area contributed by atoms with Crippen LogP contribution in [0.4, 0.5) is 4.39 Å². The lowest BCUT2D eigenvalue weighted by Gasteiger charge is -2.30. The molecule has 0 aliphatic rings. The van der Waals surface area contributed by atoms with E-state index >= 15 is 0 Å². The number of rotatable bonds is 7. The van der Waals surface area contributed by atoms with Crippen molar-refractivity contribution in [3.8, 4) is 0 Å². The Bertz CT molecular complexity index is 559. The van der Waals surface area contributed by atoms with Crippen molar-refractivity contribution in [1.29, 1.82) is 0 Å². The summed E-state index contributed by atoms with van der Waals surface area (Å²) in [5.41, 5.74) is 1.57. The Balaban J connectivity index is 2.12. The van der Waals surface area contributed by atoms with Crippen LogP contribution in [0.3, 0.4) is 0 Å². The van der Waals surface area contributed by atoms with Gasteiger partial charge in [0.2, 0.25) is 0 Å². The molecule has 0 aliphatic heterocycles. The van der Waals surface area contributed by atoms with Gasteiger partial charge in [-0.15, -0.1) is 0 Å². The SMILES string of the molecule is CCCC([C@@H](O)c1ccc(F)cc1)N(O)Cc1ccccc1. The molecular weight excluding hydrogens is 281 g/mol. The van der Waals surface area contributed by atoms with E-state index in [2.05, 4.69) is 0 Å². The van der Waals surface area contributed by atoms with Crippen LogP contribution in [0.5, 0.6) is 0 Å². The number of hydroxylamine groups is 2. The molecule has 2 N–H and O–H groups in total. The Morgan fingerprint density at radius 2 is 1.68 bits per heavy atom. The minimum absolute atomic E-state index is 0.337. The minimum Gasteiger partial charge on any atom is -0.387 e. The number of halogens is 1. The summed E-state index contributed by atoms with van der Waals surface area (Å²) in [6.45, 7) is 2.34.